The summed E-state index contributed by atoms with van der Waals surface area (Å²) in [5.74, 6) is 2.15. The molecule has 1 unspecified atom stereocenters. The van der Waals surface area contributed by atoms with Crippen LogP contribution in [0, 0.1) is 17.8 Å². The number of amides is 1. The van der Waals surface area contributed by atoms with E-state index in [4.69, 9.17) is 4.74 Å². The molecule has 126 valence electrons. The lowest BCUT2D eigenvalue weighted by Crippen LogP contribution is -2.59. The van der Waals surface area contributed by atoms with Crippen molar-refractivity contribution in [1.82, 2.24) is 5.32 Å². The highest BCUT2D eigenvalue weighted by Gasteiger charge is 2.51. The predicted octanol–water partition coefficient (Wildman–Crippen LogP) is 3.37. The molecular formula is C20H23NO3. The Morgan fingerprint density at radius 3 is 2.38 bits per heavy atom. The van der Waals surface area contributed by atoms with Gasteiger partial charge in [0.2, 0.25) is 5.91 Å². The van der Waals surface area contributed by atoms with E-state index in [0.29, 0.717) is 5.56 Å². The van der Waals surface area contributed by atoms with E-state index in [-0.39, 0.29) is 23.8 Å². The van der Waals surface area contributed by atoms with Crippen LogP contribution in [0.25, 0.3) is 0 Å². The van der Waals surface area contributed by atoms with Crippen LogP contribution in [0.1, 0.15) is 67.0 Å². The third kappa shape index (κ3) is 2.27. The highest BCUT2D eigenvalue weighted by atomic mass is 16.5. The van der Waals surface area contributed by atoms with Gasteiger partial charge in [0.05, 0.1) is 12.0 Å². The van der Waals surface area contributed by atoms with Gasteiger partial charge in [-0.25, -0.2) is 4.79 Å². The van der Waals surface area contributed by atoms with Gasteiger partial charge in [0.25, 0.3) is 0 Å². The molecule has 1 N–H and O–H groups in total. The van der Waals surface area contributed by atoms with Gasteiger partial charge in [-0.3, -0.25) is 4.79 Å². The minimum absolute atomic E-state index is 0.0218. The molecule has 1 amide bonds. The molecular weight excluding hydrogens is 302 g/mol. The lowest BCUT2D eigenvalue weighted by atomic mass is 9.53. The second-order valence-corrected chi connectivity index (χ2v) is 8.43. The maximum atomic E-state index is 12.7. The Morgan fingerprint density at radius 2 is 1.71 bits per heavy atom. The van der Waals surface area contributed by atoms with Gasteiger partial charge in [0.15, 0.2) is 0 Å². The number of fused-ring (bicyclic) bond motifs is 1. The van der Waals surface area contributed by atoms with E-state index in [2.05, 4.69) is 5.32 Å². The summed E-state index contributed by atoms with van der Waals surface area (Å²) in [6, 6.07) is 7.39. The Labute approximate surface area is 142 Å². The molecule has 1 aromatic rings. The zero-order chi connectivity index (χ0) is 16.3. The van der Waals surface area contributed by atoms with Crippen molar-refractivity contribution in [2.24, 2.45) is 17.8 Å². The second-order valence-electron chi connectivity index (χ2n) is 8.43. The second kappa shape index (κ2) is 5.08. The molecule has 0 radical (unpaired) electrons. The Hall–Kier alpha value is -1.84. The van der Waals surface area contributed by atoms with Crippen molar-refractivity contribution in [3.8, 4) is 0 Å². The number of nitrogens with one attached hydrogen (secondary N) is 1. The molecule has 5 aliphatic rings. The Morgan fingerprint density at radius 1 is 1.08 bits per heavy atom. The maximum absolute atomic E-state index is 12.7. The first kappa shape index (κ1) is 14.5. The summed E-state index contributed by atoms with van der Waals surface area (Å²) in [6.45, 7) is 0. The van der Waals surface area contributed by atoms with Gasteiger partial charge in [-0.15, -0.1) is 0 Å². The number of hydrogen-bond acceptors (Lipinski definition) is 3. The van der Waals surface area contributed by atoms with E-state index in [1.807, 2.05) is 18.2 Å². The molecule has 0 aromatic heterocycles. The molecule has 4 bridgehead atoms. The summed E-state index contributed by atoms with van der Waals surface area (Å²) in [6.07, 6.45) is 7.34. The zero-order valence-electron chi connectivity index (χ0n) is 13.8. The van der Waals surface area contributed by atoms with Crippen LogP contribution < -0.4 is 5.32 Å². The van der Waals surface area contributed by atoms with Gasteiger partial charge in [-0.2, -0.15) is 0 Å². The van der Waals surface area contributed by atoms with Crippen molar-refractivity contribution in [2.45, 2.75) is 56.6 Å². The van der Waals surface area contributed by atoms with Crippen molar-refractivity contribution in [2.75, 3.05) is 0 Å². The molecule has 1 heterocycles. The van der Waals surface area contributed by atoms with Crippen LogP contribution in [-0.2, 0) is 9.53 Å². The molecule has 1 aromatic carbocycles. The van der Waals surface area contributed by atoms with E-state index >= 15 is 0 Å². The molecule has 0 saturated heterocycles. The van der Waals surface area contributed by atoms with Gasteiger partial charge in [0.1, 0.15) is 6.10 Å². The van der Waals surface area contributed by atoms with Crippen molar-refractivity contribution >= 4 is 11.9 Å². The fourth-order valence-electron chi connectivity index (χ4n) is 6.15. The van der Waals surface area contributed by atoms with Crippen molar-refractivity contribution in [3.05, 3.63) is 35.4 Å². The SMILES string of the molecule is O=C(CC1OC(=O)c2ccccc21)NC12CC3CC(CC(C3)C1)C2. The summed E-state index contributed by atoms with van der Waals surface area (Å²) in [5.41, 5.74) is 1.47. The van der Waals surface area contributed by atoms with E-state index in [0.717, 1.165) is 42.6 Å². The van der Waals surface area contributed by atoms with Gasteiger partial charge in [0, 0.05) is 11.1 Å². The normalized spacial score (nSPS) is 38.8. The Kier molecular flexibility index (Phi) is 3.07. The van der Waals surface area contributed by atoms with Crippen LogP contribution in [0.5, 0.6) is 0 Å². The quantitative estimate of drug-likeness (QED) is 0.867. The highest BCUT2D eigenvalue weighted by molar-refractivity contribution is 5.94. The summed E-state index contributed by atoms with van der Waals surface area (Å²) >= 11 is 0. The van der Waals surface area contributed by atoms with Crippen LogP contribution in [0.4, 0.5) is 0 Å². The van der Waals surface area contributed by atoms with Crippen LogP contribution in [0.15, 0.2) is 24.3 Å². The molecule has 4 heteroatoms. The number of benzene rings is 1. The van der Waals surface area contributed by atoms with Crippen molar-refractivity contribution in [3.63, 3.8) is 0 Å². The van der Waals surface area contributed by atoms with E-state index in [9.17, 15) is 9.59 Å². The first-order valence-corrected chi connectivity index (χ1v) is 9.21. The van der Waals surface area contributed by atoms with E-state index in [1.54, 1.807) is 6.07 Å². The van der Waals surface area contributed by atoms with Crippen LogP contribution in [-0.4, -0.2) is 17.4 Å². The fourth-order valence-corrected chi connectivity index (χ4v) is 6.15. The average Bonchev–Trinajstić information content (AvgIpc) is 2.82. The Balaban J connectivity index is 1.30. The molecule has 0 spiro atoms. The summed E-state index contributed by atoms with van der Waals surface area (Å²) in [7, 11) is 0. The molecule has 4 aliphatic carbocycles. The Bertz CT molecular complexity index is 675. The van der Waals surface area contributed by atoms with E-state index < -0.39 is 6.10 Å². The van der Waals surface area contributed by atoms with Gasteiger partial charge in [-0.05, 0) is 62.3 Å². The molecule has 4 nitrogen and oxygen atoms in total. The molecule has 4 fully saturated rings. The first-order chi connectivity index (χ1) is 11.6. The smallest absolute Gasteiger partial charge is 0.339 e. The lowest BCUT2D eigenvalue weighted by Gasteiger charge is -2.57. The first-order valence-electron chi connectivity index (χ1n) is 9.21. The standard InChI is InChI=1S/C20H23NO3/c22-18(8-17-15-3-1-2-4-16(15)19(23)24-17)21-20-9-12-5-13(10-20)7-14(6-12)11-20/h1-4,12-14,17H,5-11H2,(H,21,22). The fraction of sp³-hybridized carbons (Fsp3) is 0.600. The van der Waals surface area contributed by atoms with Gasteiger partial charge >= 0.3 is 5.97 Å². The molecule has 1 aliphatic heterocycles. The monoisotopic (exact) mass is 325 g/mol. The van der Waals surface area contributed by atoms with Crippen LogP contribution >= 0.6 is 0 Å². The number of cyclic esters (lactones) is 1. The summed E-state index contributed by atoms with van der Waals surface area (Å²) in [5, 5.41) is 3.37. The number of esters is 1. The number of carbonyl (C=O) groups is 2. The number of ether oxygens (including phenoxy) is 1. The summed E-state index contributed by atoms with van der Waals surface area (Å²) in [4.78, 5) is 24.6. The third-order valence-electron chi connectivity index (χ3n) is 6.59. The predicted molar refractivity (Wildman–Crippen MR) is 88.3 cm³/mol. The molecule has 1 atom stereocenters. The molecule has 24 heavy (non-hydrogen) atoms. The van der Waals surface area contributed by atoms with Gasteiger partial charge in [-0.1, -0.05) is 18.2 Å². The van der Waals surface area contributed by atoms with E-state index in [1.165, 1.54) is 19.3 Å². The van der Waals surface area contributed by atoms with Crippen molar-refractivity contribution < 1.29 is 14.3 Å². The van der Waals surface area contributed by atoms with Crippen LogP contribution in [0.3, 0.4) is 0 Å². The molecule has 6 rings (SSSR count). The number of carbonyl (C=O) groups excluding carboxylic acids is 2. The largest absolute Gasteiger partial charge is 0.453 e. The minimum Gasteiger partial charge on any atom is -0.453 e. The number of rotatable bonds is 3. The highest BCUT2D eigenvalue weighted by Crippen LogP contribution is 2.55. The number of hydrogen-bond donors (Lipinski definition) is 1. The van der Waals surface area contributed by atoms with Crippen molar-refractivity contribution in [1.29, 1.82) is 0 Å². The van der Waals surface area contributed by atoms with Crippen LogP contribution in [0.2, 0.25) is 0 Å². The van der Waals surface area contributed by atoms with Gasteiger partial charge < -0.3 is 10.1 Å². The molecule has 4 saturated carbocycles. The third-order valence-corrected chi connectivity index (χ3v) is 6.59. The average molecular weight is 325 g/mol. The minimum atomic E-state index is -0.428. The lowest BCUT2D eigenvalue weighted by molar-refractivity contribution is -0.128. The topological polar surface area (TPSA) is 55.4 Å². The zero-order valence-corrected chi connectivity index (χ0v) is 13.8. The maximum Gasteiger partial charge on any atom is 0.339 e. The summed E-state index contributed by atoms with van der Waals surface area (Å²) < 4.78 is 5.42.